The number of benzene rings is 4. The van der Waals surface area contributed by atoms with Crippen LogP contribution < -0.4 is 14.9 Å². The molecule has 0 aliphatic carbocycles. The Hall–Kier alpha value is -3.15. The molecule has 0 aliphatic heterocycles. The Bertz CT molecular complexity index is 1650. The van der Waals surface area contributed by atoms with Gasteiger partial charge in [-0.25, -0.2) is 0 Å². The monoisotopic (exact) mass is 570 g/mol. The predicted octanol–water partition coefficient (Wildman–Crippen LogP) is 9.23. The Morgan fingerprint density at radius 2 is 1.30 bits per heavy atom. The van der Waals surface area contributed by atoms with E-state index in [0.717, 1.165) is 11.1 Å². The van der Waals surface area contributed by atoms with Gasteiger partial charge in [0.1, 0.15) is 41.4 Å². The standard InChI is InChI=1S/C29H18Cl4O4/c30-20-8-6-18(23(32)10-20)15-35-22-12-27(36-16-19-7-9-21(31)11-24(19)33)29-25(34)14-26(37-28(29)13-22)17-4-2-1-3-5-17/h1-14H,15-16H2. The molecule has 0 saturated carbocycles. The molecule has 0 unspecified atom stereocenters. The van der Waals surface area contributed by atoms with Crippen LogP contribution >= 0.6 is 46.4 Å². The lowest BCUT2D eigenvalue weighted by atomic mass is 10.1. The van der Waals surface area contributed by atoms with Crippen LogP contribution in [0.2, 0.25) is 20.1 Å². The highest BCUT2D eigenvalue weighted by atomic mass is 35.5. The minimum absolute atomic E-state index is 0.109. The molecular formula is C29H18Cl4O4. The van der Waals surface area contributed by atoms with E-state index in [9.17, 15) is 4.79 Å². The molecule has 186 valence electrons. The molecule has 5 rings (SSSR count). The average Bonchev–Trinajstić information content (AvgIpc) is 2.87. The third-order valence-electron chi connectivity index (χ3n) is 5.63. The van der Waals surface area contributed by atoms with Gasteiger partial charge < -0.3 is 13.9 Å². The van der Waals surface area contributed by atoms with Crippen LogP contribution in [0.5, 0.6) is 11.5 Å². The lowest BCUT2D eigenvalue weighted by molar-refractivity contribution is 0.292. The summed E-state index contributed by atoms with van der Waals surface area (Å²) in [5.41, 5.74) is 2.31. The zero-order valence-electron chi connectivity index (χ0n) is 19.1. The first-order valence-corrected chi connectivity index (χ1v) is 12.7. The summed E-state index contributed by atoms with van der Waals surface area (Å²) in [6, 6.07) is 24.4. The number of fused-ring (bicyclic) bond motifs is 1. The van der Waals surface area contributed by atoms with Crippen LogP contribution in [0.1, 0.15) is 11.1 Å². The van der Waals surface area contributed by atoms with E-state index in [1.165, 1.54) is 6.07 Å². The summed E-state index contributed by atoms with van der Waals surface area (Å²) in [5, 5.41) is 2.29. The van der Waals surface area contributed by atoms with Gasteiger partial charge >= 0.3 is 0 Å². The van der Waals surface area contributed by atoms with E-state index in [-0.39, 0.29) is 18.6 Å². The van der Waals surface area contributed by atoms with E-state index < -0.39 is 0 Å². The van der Waals surface area contributed by atoms with E-state index in [4.69, 9.17) is 60.3 Å². The lowest BCUT2D eigenvalue weighted by Gasteiger charge is -2.14. The van der Waals surface area contributed by atoms with Crippen molar-refractivity contribution < 1.29 is 13.9 Å². The van der Waals surface area contributed by atoms with Gasteiger partial charge in [0.15, 0.2) is 5.43 Å². The molecule has 0 fully saturated rings. The number of ether oxygens (including phenoxy) is 2. The summed E-state index contributed by atoms with van der Waals surface area (Å²) in [6.07, 6.45) is 0. The van der Waals surface area contributed by atoms with Crippen LogP contribution in [-0.4, -0.2) is 0 Å². The molecule has 8 heteroatoms. The van der Waals surface area contributed by atoms with Crippen LogP contribution in [-0.2, 0) is 13.2 Å². The van der Waals surface area contributed by atoms with Crippen molar-refractivity contribution in [2.24, 2.45) is 0 Å². The third kappa shape index (κ3) is 5.89. The quantitative estimate of drug-likeness (QED) is 0.195. The molecule has 0 atom stereocenters. The maximum atomic E-state index is 13.2. The summed E-state index contributed by atoms with van der Waals surface area (Å²) in [5.74, 6) is 1.17. The molecule has 0 radical (unpaired) electrons. The summed E-state index contributed by atoms with van der Waals surface area (Å²) in [4.78, 5) is 13.2. The Labute approximate surface area is 232 Å². The van der Waals surface area contributed by atoms with Gasteiger partial charge in [0, 0.05) is 55.0 Å². The SMILES string of the molecule is O=c1cc(-c2ccccc2)oc2cc(OCc3ccc(Cl)cc3Cl)cc(OCc3ccc(Cl)cc3Cl)c12. The van der Waals surface area contributed by atoms with Crippen LogP contribution in [0.25, 0.3) is 22.3 Å². The number of hydrogen-bond acceptors (Lipinski definition) is 4. The molecule has 1 aromatic heterocycles. The van der Waals surface area contributed by atoms with Gasteiger partial charge in [0.05, 0.1) is 0 Å². The van der Waals surface area contributed by atoms with Crippen molar-refractivity contribution in [3.05, 3.63) is 126 Å². The van der Waals surface area contributed by atoms with Gasteiger partial charge in [-0.2, -0.15) is 0 Å². The molecule has 4 nitrogen and oxygen atoms in total. The molecule has 0 bridgehead atoms. The van der Waals surface area contributed by atoms with Crippen molar-refractivity contribution in [2.75, 3.05) is 0 Å². The minimum Gasteiger partial charge on any atom is -0.489 e. The second-order valence-electron chi connectivity index (χ2n) is 8.18. The molecule has 0 saturated heterocycles. The van der Waals surface area contributed by atoms with Gasteiger partial charge in [0.2, 0.25) is 0 Å². The van der Waals surface area contributed by atoms with Crippen LogP contribution in [0, 0.1) is 0 Å². The highest BCUT2D eigenvalue weighted by Crippen LogP contribution is 2.34. The Morgan fingerprint density at radius 3 is 1.92 bits per heavy atom. The topological polar surface area (TPSA) is 48.7 Å². The van der Waals surface area contributed by atoms with Gasteiger partial charge in [-0.1, -0.05) is 88.9 Å². The fourth-order valence-electron chi connectivity index (χ4n) is 3.76. The van der Waals surface area contributed by atoms with Gasteiger partial charge in [-0.15, -0.1) is 0 Å². The first kappa shape index (κ1) is 25.5. The van der Waals surface area contributed by atoms with Crippen molar-refractivity contribution in [3.63, 3.8) is 0 Å². The second kappa shape index (κ2) is 11.1. The molecule has 5 aromatic rings. The molecular weight excluding hydrogens is 554 g/mol. The van der Waals surface area contributed by atoms with E-state index in [2.05, 4.69) is 0 Å². The normalized spacial score (nSPS) is 11.0. The average molecular weight is 572 g/mol. The van der Waals surface area contributed by atoms with Gasteiger partial charge in [-0.05, 0) is 24.3 Å². The molecule has 0 amide bonds. The number of rotatable bonds is 7. The maximum absolute atomic E-state index is 13.2. The molecule has 0 spiro atoms. The maximum Gasteiger partial charge on any atom is 0.197 e. The Balaban J connectivity index is 1.54. The molecule has 0 N–H and O–H groups in total. The highest BCUT2D eigenvalue weighted by Gasteiger charge is 2.16. The molecule has 0 aliphatic rings. The van der Waals surface area contributed by atoms with Crippen molar-refractivity contribution in [2.45, 2.75) is 13.2 Å². The first-order chi connectivity index (χ1) is 17.9. The van der Waals surface area contributed by atoms with Crippen molar-refractivity contribution in [1.29, 1.82) is 0 Å². The highest BCUT2D eigenvalue weighted by molar-refractivity contribution is 6.35. The Kier molecular flexibility index (Phi) is 7.63. The minimum atomic E-state index is -0.246. The first-order valence-electron chi connectivity index (χ1n) is 11.2. The Morgan fingerprint density at radius 1 is 0.676 bits per heavy atom. The molecule has 4 aromatic carbocycles. The number of halogens is 4. The lowest BCUT2D eigenvalue weighted by Crippen LogP contribution is -2.06. The van der Waals surface area contributed by atoms with Crippen LogP contribution in [0.3, 0.4) is 0 Å². The van der Waals surface area contributed by atoms with Crippen molar-refractivity contribution in [1.82, 2.24) is 0 Å². The summed E-state index contributed by atoms with van der Waals surface area (Å²) < 4.78 is 18.2. The van der Waals surface area contributed by atoms with E-state index >= 15 is 0 Å². The van der Waals surface area contributed by atoms with Crippen molar-refractivity contribution in [3.8, 4) is 22.8 Å². The second-order valence-corrected chi connectivity index (χ2v) is 9.87. The van der Waals surface area contributed by atoms with E-state index in [0.29, 0.717) is 53.9 Å². The third-order valence-corrected chi connectivity index (χ3v) is 6.81. The number of hydrogen-bond donors (Lipinski definition) is 0. The predicted molar refractivity (Wildman–Crippen MR) is 150 cm³/mol. The zero-order chi connectivity index (χ0) is 25.9. The summed E-state index contributed by atoms with van der Waals surface area (Å²) >= 11 is 24.6. The van der Waals surface area contributed by atoms with Gasteiger partial charge in [-0.3, -0.25) is 4.79 Å². The van der Waals surface area contributed by atoms with Crippen molar-refractivity contribution >= 4 is 57.4 Å². The zero-order valence-corrected chi connectivity index (χ0v) is 22.2. The van der Waals surface area contributed by atoms with Gasteiger partial charge in [0.25, 0.3) is 0 Å². The van der Waals surface area contributed by atoms with Crippen LogP contribution in [0.4, 0.5) is 0 Å². The largest absolute Gasteiger partial charge is 0.489 e. The van der Waals surface area contributed by atoms with E-state index in [1.54, 1.807) is 48.5 Å². The fourth-order valence-corrected chi connectivity index (χ4v) is 4.69. The molecule has 1 heterocycles. The summed E-state index contributed by atoms with van der Waals surface area (Å²) in [7, 11) is 0. The molecule has 37 heavy (non-hydrogen) atoms. The fraction of sp³-hybridized carbons (Fsp3) is 0.0690. The van der Waals surface area contributed by atoms with E-state index in [1.807, 2.05) is 30.3 Å². The summed E-state index contributed by atoms with van der Waals surface area (Å²) in [6.45, 7) is 0.282. The smallest absolute Gasteiger partial charge is 0.197 e. The van der Waals surface area contributed by atoms with Crippen LogP contribution in [0.15, 0.2) is 94.1 Å².